The van der Waals surface area contributed by atoms with Gasteiger partial charge in [0.25, 0.3) is 15.9 Å². The normalized spacial score (nSPS) is 11.5. The predicted molar refractivity (Wildman–Crippen MR) is 159 cm³/mol. The zero-order valence-electron chi connectivity index (χ0n) is 23.4. The third kappa shape index (κ3) is 6.43. The molecule has 0 fully saturated rings. The van der Waals surface area contributed by atoms with Crippen molar-refractivity contribution in [2.75, 3.05) is 17.5 Å². The second-order valence-electron chi connectivity index (χ2n) is 9.55. The van der Waals surface area contributed by atoms with Gasteiger partial charge in [0, 0.05) is 22.6 Å². The number of carbonyl (C=O) groups is 1. The lowest BCUT2D eigenvalue weighted by molar-refractivity contribution is -0.119. The van der Waals surface area contributed by atoms with Gasteiger partial charge >= 0.3 is 0 Å². The van der Waals surface area contributed by atoms with Crippen LogP contribution in [0.4, 0.5) is 5.69 Å². The molecule has 3 aromatic carbocycles. The number of nitrogens with one attached hydrogen (secondary N) is 1. The number of hydrogen-bond acceptors (Lipinski definition) is 5. The van der Waals surface area contributed by atoms with Crippen LogP contribution in [0.25, 0.3) is 5.69 Å². The molecule has 9 heteroatoms. The maximum Gasteiger partial charge on any atom is 0.264 e. The lowest BCUT2D eigenvalue weighted by Crippen LogP contribution is -2.39. The van der Waals surface area contributed by atoms with Gasteiger partial charge in [-0.15, -0.1) is 0 Å². The van der Waals surface area contributed by atoms with E-state index in [-0.39, 0.29) is 4.90 Å². The average molecular weight is 559 g/mol. The number of hydrogen-bond donors (Lipinski definition) is 1. The van der Waals surface area contributed by atoms with E-state index in [1.165, 1.54) is 23.3 Å². The Kier molecular flexibility index (Phi) is 8.74. The van der Waals surface area contributed by atoms with Crippen LogP contribution in [0.1, 0.15) is 35.0 Å². The smallest absolute Gasteiger partial charge is 0.264 e. The lowest BCUT2D eigenvalue weighted by atomic mass is 10.1. The van der Waals surface area contributed by atoms with Crippen molar-refractivity contribution in [1.29, 1.82) is 0 Å². The second-order valence-corrected chi connectivity index (χ2v) is 11.4. The molecule has 0 aliphatic carbocycles. The summed E-state index contributed by atoms with van der Waals surface area (Å²) in [5.41, 5.74) is 9.09. The van der Waals surface area contributed by atoms with Crippen LogP contribution in [0.3, 0.4) is 0 Å². The second kappa shape index (κ2) is 12.2. The number of nitrogens with zero attached hydrogens (tertiary/aromatic N) is 3. The van der Waals surface area contributed by atoms with Gasteiger partial charge in [-0.05, 0) is 100 Å². The number of sulfonamides is 1. The highest BCUT2D eigenvalue weighted by atomic mass is 32.2. The van der Waals surface area contributed by atoms with E-state index < -0.39 is 22.5 Å². The number of rotatable bonds is 10. The molecule has 0 radical (unpaired) electrons. The van der Waals surface area contributed by atoms with Crippen molar-refractivity contribution in [3.05, 3.63) is 107 Å². The Labute approximate surface area is 236 Å². The van der Waals surface area contributed by atoms with Crippen LogP contribution in [-0.4, -0.2) is 38.3 Å². The Hall–Kier alpha value is -4.37. The maximum absolute atomic E-state index is 13.5. The largest absolute Gasteiger partial charge is 0.494 e. The molecular formula is C31H34N4O4S. The molecule has 8 nitrogen and oxygen atoms in total. The number of benzene rings is 3. The molecule has 1 N–H and O–H groups in total. The number of anilines is 1. The molecule has 0 bridgehead atoms. The zero-order chi connectivity index (χ0) is 28.9. The number of amides is 1. The van der Waals surface area contributed by atoms with Crippen LogP contribution in [-0.2, 0) is 14.8 Å². The Morgan fingerprint density at radius 2 is 1.60 bits per heavy atom. The summed E-state index contributed by atoms with van der Waals surface area (Å²) < 4.78 is 35.7. The maximum atomic E-state index is 13.5. The molecule has 0 unspecified atom stereocenters. The molecule has 1 heterocycles. The van der Waals surface area contributed by atoms with E-state index in [1.807, 2.05) is 26.8 Å². The molecule has 208 valence electrons. The van der Waals surface area contributed by atoms with Crippen LogP contribution >= 0.6 is 0 Å². The van der Waals surface area contributed by atoms with Gasteiger partial charge in [-0.25, -0.2) is 13.8 Å². The zero-order valence-corrected chi connectivity index (χ0v) is 24.2. The third-order valence-electron chi connectivity index (χ3n) is 6.38. The highest BCUT2D eigenvalue weighted by Gasteiger charge is 2.27. The molecule has 1 amide bonds. The van der Waals surface area contributed by atoms with Crippen molar-refractivity contribution in [3.8, 4) is 11.4 Å². The van der Waals surface area contributed by atoms with Crippen molar-refractivity contribution in [3.63, 3.8) is 0 Å². The van der Waals surface area contributed by atoms with Crippen LogP contribution < -0.4 is 14.5 Å². The number of hydrazone groups is 1. The minimum absolute atomic E-state index is 0.0824. The number of ether oxygens (including phenoxy) is 1. The minimum atomic E-state index is -4.02. The Bertz CT molecular complexity index is 1610. The van der Waals surface area contributed by atoms with Gasteiger partial charge in [-0.1, -0.05) is 24.3 Å². The highest BCUT2D eigenvalue weighted by molar-refractivity contribution is 7.92. The summed E-state index contributed by atoms with van der Waals surface area (Å²) >= 11 is 0. The molecule has 0 saturated carbocycles. The molecule has 1 aromatic heterocycles. The predicted octanol–water partition coefficient (Wildman–Crippen LogP) is 5.46. The van der Waals surface area contributed by atoms with Gasteiger partial charge in [-0.2, -0.15) is 5.10 Å². The van der Waals surface area contributed by atoms with Gasteiger partial charge < -0.3 is 9.30 Å². The van der Waals surface area contributed by atoms with Gasteiger partial charge in [-0.3, -0.25) is 9.10 Å². The fourth-order valence-electron chi connectivity index (χ4n) is 4.65. The molecule has 0 aliphatic rings. The Morgan fingerprint density at radius 3 is 2.23 bits per heavy atom. The molecule has 4 aromatic rings. The summed E-state index contributed by atoms with van der Waals surface area (Å²) in [5.74, 6) is 0.0311. The van der Waals surface area contributed by atoms with E-state index >= 15 is 0 Å². The van der Waals surface area contributed by atoms with Crippen molar-refractivity contribution in [2.24, 2.45) is 5.10 Å². The summed E-state index contributed by atoms with van der Waals surface area (Å²) in [6, 6.07) is 23.0. The molecular weight excluding hydrogens is 524 g/mol. The van der Waals surface area contributed by atoms with E-state index in [0.29, 0.717) is 18.0 Å². The first-order valence-electron chi connectivity index (χ1n) is 13.0. The summed E-state index contributed by atoms with van der Waals surface area (Å²) in [6.07, 6.45) is 1.58. The van der Waals surface area contributed by atoms with Gasteiger partial charge in [0.05, 0.1) is 23.4 Å². The molecule has 0 saturated heterocycles. The molecule has 0 aliphatic heterocycles. The van der Waals surface area contributed by atoms with Gasteiger partial charge in [0.15, 0.2) is 0 Å². The van der Waals surface area contributed by atoms with E-state index in [1.54, 1.807) is 48.7 Å². The number of aryl methyl sites for hydroxylation is 3. The van der Waals surface area contributed by atoms with Crippen molar-refractivity contribution < 1.29 is 17.9 Å². The van der Waals surface area contributed by atoms with Crippen LogP contribution in [0, 0.1) is 27.7 Å². The Balaban J connectivity index is 1.55. The van der Waals surface area contributed by atoms with Crippen molar-refractivity contribution in [1.82, 2.24) is 9.99 Å². The topological polar surface area (TPSA) is 93.0 Å². The SMILES string of the molecule is CCOc1ccc(N(CC(=O)N/N=C\c2cc(C)n(-c3cc(C)cc(C)c3)c2C)S(=O)(=O)c2ccccc2)cc1. The fraction of sp³-hybridized carbons (Fsp3) is 0.226. The lowest BCUT2D eigenvalue weighted by Gasteiger charge is -2.24. The first-order valence-corrected chi connectivity index (χ1v) is 14.4. The van der Waals surface area contributed by atoms with Gasteiger partial charge in [0.2, 0.25) is 0 Å². The summed E-state index contributed by atoms with van der Waals surface area (Å²) in [7, 11) is -4.02. The number of aromatic nitrogens is 1. The summed E-state index contributed by atoms with van der Waals surface area (Å²) in [6.45, 7) is 10.0. The van der Waals surface area contributed by atoms with E-state index in [9.17, 15) is 13.2 Å². The van der Waals surface area contributed by atoms with E-state index in [4.69, 9.17) is 4.74 Å². The van der Waals surface area contributed by atoms with E-state index in [0.717, 1.165) is 26.9 Å². The summed E-state index contributed by atoms with van der Waals surface area (Å²) in [4.78, 5) is 13.0. The van der Waals surface area contributed by atoms with Crippen LogP contribution in [0.15, 0.2) is 88.9 Å². The highest BCUT2D eigenvalue weighted by Crippen LogP contribution is 2.26. The minimum Gasteiger partial charge on any atom is -0.494 e. The quantitative estimate of drug-likeness (QED) is 0.207. The number of carbonyl (C=O) groups excluding carboxylic acids is 1. The van der Waals surface area contributed by atoms with Crippen molar-refractivity contribution in [2.45, 2.75) is 39.5 Å². The molecule has 40 heavy (non-hydrogen) atoms. The first kappa shape index (κ1) is 28.6. The molecule has 4 rings (SSSR count). The van der Waals surface area contributed by atoms with Crippen molar-refractivity contribution >= 4 is 27.8 Å². The molecule has 0 atom stereocenters. The standard InChI is InChI=1S/C31H34N4O4S/c1-6-39-29-14-12-27(13-15-29)34(40(37,38)30-10-8-7-9-11-30)21-31(36)33-32-20-26-19-24(4)35(25(26)5)28-17-22(2)16-23(3)18-28/h7-20H,6,21H2,1-5H3,(H,33,36)/b32-20-. The molecule has 0 spiro atoms. The fourth-order valence-corrected chi connectivity index (χ4v) is 6.09. The average Bonchev–Trinajstić information content (AvgIpc) is 3.20. The Morgan fingerprint density at radius 1 is 0.950 bits per heavy atom. The van der Waals surface area contributed by atoms with Crippen LogP contribution in [0.5, 0.6) is 5.75 Å². The summed E-state index contributed by atoms with van der Waals surface area (Å²) in [5, 5.41) is 4.15. The van der Waals surface area contributed by atoms with Crippen LogP contribution in [0.2, 0.25) is 0 Å². The van der Waals surface area contributed by atoms with E-state index in [2.05, 4.69) is 47.1 Å². The monoisotopic (exact) mass is 558 g/mol. The first-order chi connectivity index (χ1) is 19.1. The van der Waals surface area contributed by atoms with Gasteiger partial charge in [0.1, 0.15) is 12.3 Å². The third-order valence-corrected chi connectivity index (χ3v) is 8.17.